The van der Waals surface area contributed by atoms with Gasteiger partial charge in [-0.2, -0.15) is 0 Å². The van der Waals surface area contributed by atoms with Gasteiger partial charge in [0.2, 0.25) is 5.91 Å². The monoisotopic (exact) mass is 436 g/mol. The molecule has 0 N–H and O–H groups in total. The molecule has 32 heavy (non-hydrogen) atoms. The molecule has 2 amide bonds. The smallest absolute Gasteiger partial charge is 0.257 e. The van der Waals surface area contributed by atoms with Crippen LogP contribution < -0.4 is 4.74 Å². The summed E-state index contributed by atoms with van der Waals surface area (Å²) >= 11 is 0. The number of para-hydroxylation sites is 1. The van der Waals surface area contributed by atoms with Crippen LogP contribution in [-0.2, 0) is 11.2 Å². The van der Waals surface area contributed by atoms with Gasteiger partial charge in [0.15, 0.2) is 0 Å². The van der Waals surface area contributed by atoms with Gasteiger partial charge in [0.1, 0.15) is 11.6 Å². The Balaban J connectivity index is 1.46. The van der Waals surface area contributed by atoms with E-state index in [1.165, 1.54) is 0 Å². The van der Waals surface area contributed by atoms with E-state index < -0.39 is 0 Å². The topological polar surface area (TPSA) is 75.6 Å². The van der Waals surface area contributed by atoms with Crippen molar-refractivity contribution in [2.75, 3.05) is 32.8 Å². The molecule has 0 radical (unpaired) electrons. The number of benzene rings is 1. The number of nitrogens with zero attached hydrogens (tertiary/aromatic N) is 4. The van der Waals surface area contributed by atoms with E-state index in [2.05, 4.69) is 0 Å². The molecule has 2 aliphatic heterocycles. The minimum Gasteiger partial charge on any atom is -0.493 e. The summed E-state index contributed by atoms with van der Waals surface area (Å²) in [7, 11) is 0. The van der Waals surface area contributed by atoms with Crippen molar-refractivity contribution >= 4 is 11.8 Å². The zero-order chi connectivity index (χ0) is 22.7. The van der Waals surface area contributed by atoms with Crippen LogP contribution in [0.4, 0.5) is 0 Å². The number of ether oxygens (including phenoxy) is 1. The maximum atomic E-state index is 13.1. The van der Waals surface area contributed by atoms with Crippen molar-refractivity contribution in [1.29, 1.82) is 0 Å². The molecule has 0 spiro atoms. The first-order chi connectivity index (χ1) is 15.5. The molecule has 2 saturated heterocycles. The Labute approximate surface area is 189 Å². The first-order valence-corrected chi connectivity index (χ1v) is 11.6. The zero-order valence-electron chi connectivity index (χ0n) is 19.3. The molecule has 2 fully saturated rings. The quantitative estimate of drug-likeness (QED) is 0.695. The average Bonchev–Trinajstić information content (AvgIpc) is 3.49. The van der Waals surface area contributed by atoms with Gasteiger partial charge in [-0.15, -0.1) is 0 Å². The molecular weight excluding hydrogens is 404 g/mol. The molecule has 7 nitrogen and oxygen atoms in total. The van der Waals surface area contributed by atoms with E-state index in [1.54, 1.807) is 0 Å². The molecule has 0 unspecified atom stereocenters. The molecular formula is C25H32N4O3. The predicted octanol–water partition coefficient (Wildman–Crippen LogP) is 3.29. The third kappa shape index (κ3) is 4.61. The number of amides is 2. The minimum absolute atomic E-state index is 0.0159. The Bertz CT molecular complexity index is 977. The second-order valence-electron chi connectivity index (χ2n) is 8.66. The molecule has 2 aliphatic rings. The molecule has 1 atom stereocenters. The summed E-state index contributed by atoms with van der Waals surface area (Å²) in [5.41, 5.74) is 3.26. The van der Waals surface area contributed by atoms with Crippen LogP contribution in [0, 0.1) is 13.8 Å². The number of carbonyl (C=O) groups is 2. The Morgan fingerprint density at radius 3 is 2.41 bits per heavy atom. The summed E-state index contributed by atoms with van der Waals surface area (Å²) in [6.45, 7) is 9.32. The average molecular weight is 437 g/mol. The van der Waals surface area contributed by atoms with Crippen molar-refractivity contribution < 1.29 is 14.3 Å². The number of aryl methyl sites for hydroxylation is 2. The van der Waals surface area contributed by atoms with Crippen molar-refractivity contribution in [1.82, 2.24) is 19.8 Å². The van der Waals surface area contributed by atoms with Crippen molar-refractivity contribution in [2.24, 2.45) is 0 Å². The largest absolute Gasteiger partial charge is 0.493 e. The highest BCUT2D eigenvalue weighted by Gasteiger charge is 2.31. The van der Waals surface area contributed by atoms with Crippen molar-refractivity contribution in [3.05, 3.63) is 52.6 Å². The van der Waals surface area contributed by atoms with E-state index in [4.69, 9.17) is 14.7 Å². The first kappa shape index (κ1) is 22.2. The van der Waals surface area contributed by atoms with Gasteiger partial charge in [0.25, 0.3) is 5.91 Å². The van der Waals surface area contributed by atoms with Gasteiger partial charge in [-0.25, -0.2) is 9.97 Å². The van der Waals surface area contributed by atoms with E-state index in [9.17, 15) is 9.59 Å². The number of aromatic nitrogens is 2. The van der Waals surface area contributed by atoms with Crippen LogP contribution in [-0.4, -0.2) is 64.4 Å². The van der Waals surface area contributed by atoms with Crippen molar-refractivity contribution in [3.63, 3.8) is 0 Å². The molecule has 170 valence electrons. The van der Waals surface area contributed by atoms with E-state index >= 15 is 0 Å². The first-order valence-electron chi connectivity index (χ1n) is 11.6. The lowest BCUT2D eigenvalue weighted by Gasteiger charge is -2.19. The second kappa shape index (κ2) is 9.67. The molecule has 4 rings (SSSR count). The summed E-state index contributed by atoms with van der Waals surface area (Å²) in [4.78, 5) is 39.1. The second-order valence-corrected chi connectivity index (χ2v) is 8.66. The summed E-state index contributed by atoms with van der Waals surface area (Å²) < 4.78 is 5.64. The van der Waals surface area contributed by atoms with E-state index in [1.807, 2.05) is 54.8 Å². The number of rotatable bonds is 6. The Kier molecular flexibility index (Phi) is 6.72. The standard InChI is InChI=1S/C25H32N4O3/c1-4-32-22-10-6-5-9-20(22)25(31)29-14-11-19(16-29)24-26-17(2)21(18(3)27-24)15-23(30)28-12-7-8-13-28/h5-6,9-10,19H,4,7-8,11-16H2,1-3H3/t19-/m1/s1. The summed E-state index contributed by atoms with van der Waals surface area (Å²) in [6, 6.07) is 7.39. The number of likely N-dealkylation sites (tertiary alicyclic amines) is 2. The fourth-order valence-electron chi connectivity index (χ4n) is 4.68. The Morgan fingerprint density at radius 1 is 1.03 bits per heavy atom. The number of hydrogen-bond donors (Lipinski definition) is 0. The SMILES string of the molecule is CCOc1ccccc1C(=O)N1CC[C@@H](c2nc(C)c(CC(=O)N3CCCC3)c(C)n2)C1. The van der Waals surface area contributed by atoms with Gasteiger partial charge < -0.3 is 14.5 Å². The highest BCUT2D eigenvalue weighted by molar-refractivity contribution is 5.97. The highest BCUT2D eigenvalue weighted by atomic mass is 16.5. The van der Waals surface area contributed by atoms with Crippen LogP contribution in [0.15, 0.2) is 24.3 Å². The van der Waals surface area contributed by atoms with Gasteiger partial charge in [-0.3, -0.25) is 9.59 Å². The zero-order valence-corrected chi connectivity index (χ0v) is 19.3. The van der Waals surface area contributed by atoms with E-state index in [0.29, 0.717) is 37.4 Å². The maximum Gasteiger partial charge on any atom is 0.257 e. The molecule has 1 aromatic carbocycles. The predicted molar refractivity (Wildman–Crippen MR) is 122 cm³/mol. The molecule has 3 heterocycles. The Morgan fingerprint density at radius 2 is 1.72 bits per heavy atom. The van der Waals surface area contributed by atoms with Crippen LogP contribution in [0.1, 0.15) is 65.2 Å². The van der Waals surface area contributed by atoms with Crippen LogP contribution in [0.5, 0.6) is 5.75 Å². The molecule has 0 bridgehead atoms. The fourth-order valence-corrected chi connectivity index (χ4v) is 4.68. The Hall–Kier alpha value is -2.96. The minimum atomic E-state index is -0.0159. The lowest BCUT2D eigenvalue weighted by atomic mass is 10.0. The number of carbonyl (C=O) groups excluding carboxylic acids is 2. The third-order valence-corrected chi connectivity index (χ3v) is 6.48. The van der Waals surface area contributed by atoms with Gasteiger partial charge in [-0.1, -0.05) is 12.1 Å². The van der Waals surface area contributed by atoms with Gasteiger partial charge in [-0.05, 0) is 52.2 Å². The molecule has 2 aromatic rings. The van der Waals surface area contributed by atoms with E-state index in [-0.39, 0.29) is 17.7 Å². The number of hydrogen-bond acceptors (Lipinski definition) is 5. The van der Waals surface area contributed by atoms with Crippen molar-refractivity contribution in [2.45, 2.75) is 52.4 Å². The summed E-state index contributed by atoms with van der Waals surface area (Å²) in [5, 5.41) is 0. The molecule has 7 heteroatoms. The lowest BCUT2D eigenvalue weighted by Crippen LogP contribution is -2.30. The van der Waals surface area contributed by atoms with Crippen molar-refractivity contribution in [3.8, 4) is 5.75 Å². The molecule has 0 aliphatic carbocycles. The van der Waals surface area contributed by atoms with Crippen LogP contribution in [0.25, 0.3) is 0 Å². The molecule has 0 saturated carbocycles. The van der Waals surface area contributed by atoms with Crippen LogP contribution in [0.2, 0.25) is 0 Å². The maximum absolute atomic E-state index is 13.1. The summed E-state index contributed by atoms with van der Waals surface area (Å²) in [5.74, 6) is 1.64. The third-order valence-electron chi connectivity index (χ3n) is 6.48. The van der Waals surface area contributed by atoms with Gasteiger partial charge in [0.05, 0.1) is 18.6 Å². The lowest BCUT2D eigenvalue weighted by molar-refractivity contribution is -0.129. The van der Waals surface area contributed by atoms with Crippen LogP contribution >= 0.6 is 0 Å². The fraction of sp³-hybridized carbons (Fsp3) is 0.520. The van der Waals surface area contributed by atoms with Gasteiger partial charge in [0, 0.05) is 49.0 Å². The van der Waals surface area contributed by atoms with E-state index in [0.717, 1.165) is 55.1 Å². The van der Waals surface area contributed by atoms with Gasteiger partial charge >= 0.3 is 0 Å². The highest BCUT2D eigenvalue weighted by Crippen LogP contribution is 2.29. The van der Waals surface area contributed by atoms with Crippen LogP contribution in [0.3, 0.4) is 0 Å². The molecule has 1 aromatic heterocycles. The normalized spacial score (nSPS) is 18.3. The summed E-state index contributed by atoms with van der Waals surface area (Å²) in [6.07, 6.45) is 3.37.